The van der Waals surface area contributed by atoms with Crippen molar-refractivity contribution in [3.05, 3.63) is 29.8 Å². The van der Waals surface area contributed by atoms with Gasteiger partial charge in [0, 0.05) is 37.5 Å². The van der Waals surface area contributed by atoms with E-state index in [1.807, 2.05) is 36.1 Å². The molecule has 1 saturated heterocycles. The maximum atomic E-state index is 12.3. The normalized spacial score (nSPS) is 18.6. The number of carbonyl (C=O) groups is 1. The van der Waals surface area contributed by atoms with Crippen molar-refractivity contribution < 1.29 is 9.90 Å². The number of amides is 1. The lowest BCUT2D eigenvalue weighted by Crippen LogP contribution is -2.28. The fraction of sp³-hybridized carbons (Fsp3) is 0.533. The van der Waals surface area contributed by atoms with Crippen molar-refractivity contribution in [1.29, 1.82) is 0 Å². The highest BCUT2D eigenvalue weighted by Gasteiger charge is 2.26. The Morgan fingerprint density at radius 2 is 2.16 bits per heavy atom. The van der Waals surface area contributed by atoms with E-state index in [1.165, 1.54) is 0 Å². The van der Waals surface area contributed by atoms with E-state index in [4.69, 9.17) is 5.11 Å². The Labute approximate surface area is 114 Å². The van der Waals surface area contributed by atoms with Crippen LogP contribution in [-0.2, 0) is 0 Å². The van der Waals surface area contributed by atoms with Crippen LogP contribution in [0.5, 0.6) is 0 Å². The minimum Gasteiger partial charge on any atom is -0.396 e. The number of benzene rings is 1. The Bertz CT molecular complexity index is 417. The van der Waals surface area contributed by atoms with Gasteiger partial charge in [-0.1, -0.05) is 0 Å². The summed E-state index contributed by atoms with van der Waals surface area (Å²) >= 11 is 0. The van der Waals surface area contributed by atoms with Gasteiger partial charge in [0.2, 0.25) is 0 Å². The van der Waals surface area contributed by atoms with Crippen LogP contribution in [0.15, 0.2) is 24.3 Å². The molecule has 0 bridgehead atoms. The highest BCUT2D eigenvalue weighted by molar-refractivity contribution is 5.94. The first-order chi connectivity index (χ1) is 9.24. The monoisotopic (exact) mass is 262 g/mol. The van der Waals surface area contributed by atoms with Gasteiger partial charge in [0.1, 0.15) is 0 Å². The molecule has 1 heterocycles. The van der Waals surface area contributed by atoms with E-state index in [2.05, 4.69) is 5.32 Å². The first-order valence-electron chi connectivity index (χ1n) is 6.98. The van der Waals surface area contributed by atoms with E-state index in [1.54, 1.807) is 0 Å². The minimum atomic E-state index is 0.100. The number of nitrogens with zero attached hydrogens (tertiary/aromatic N) is 1. The number of hydrogen-bond acceptors (Lipinski definition) is 3. The fourth-order valence-corrected chi connectivity index (χ4v) is 2.55. The van der Waals surface area contributed by atoms with Crippen molar-refractivity contribution in [3.8, 4) is 0 Å². The highest BCUT2D eigenvalue weighted by atomic mass is 16.3. The van der Waals surface area contributed by atoms with Gasteiger partial charge < -0.3 is 15.3 Å². The molecule has 4 nitrogen and oxygen atoms in total. The Balaban J connectivity index is 1.96. The number of carbonyl (C=O) groups excluding carboxylic acids is 1. The van der Waals surface area contributed by atoms with E-state index in [9.17, 15) is 4.79 Å². The van der Waals surface area contributed by atoms with E-state index in [0.717, 1.165) is 43.7 Å². The van der Waals surface area contributed by atoms with Crippen molar-refractivity contribution in [3.63, 3.8) is 0 Å². The smallest absolute Gasteiger partial charge is 0.253 e. The molecule has 2 rings (SSSR count). The van der Waals surface area contributed by atoms with Gasteiger partial charge in [-0.15, -0.1) is 0 Å². The first kappa shape index (κ1) is 13.9. The lowest BCUT2D eigenvalue weighted by molar-refractivity contribution is 0.0785. The van der Waals surface area contributed by atoms with Crippen LogP contribution in [-0.4, -0.2) is 42.2 Å². The molecule has 0 radical (unpaired) electrons. The molecular formula is C15H22N2O2. The van der Waals surface area contributed by atoms with E-state index < -0.39 is 0 Å². The summed E-state index contributed by atoms with van der Waals surface area (Å²) in [4.78, 5) is 14.2. The summed E-state index contributed by atoms with van der Waals surface area (Å²) in [5, 5.41) is 12.2. The second-order valence-corrected chi connectivity index (χ2v) is 5.03. The maximum absolute atomic E-state index is 12.3. The molecule has 2 N–H and O–H groups in total. The Morgan fingerprint density at radius 1 is 1.42 bits per heavy atom. The molecule has 1 atom stereocenters. The van der Waals surface area contributed by atoms with Crippen molar-refractivity contribution in [2.24, 2.45) is 5.92 Å². The molecule has 0 spiro atoms. The molecule has 1 fully saturated rings. The molecule has 1 unspecified atom stereocenters. The van der Waals surface area contributed by atoms with Crippen LogP contribution >= 0.6 is 0 Å². The molecule has 1 aromatic rings. The van der Waals surface area contributed by atoms with Gasteiger partial charge in [-0.05, 0) is 49.9 Å². The molecule has 0 aromatic heterocycles. The van der Waals surface area contributed by atoms with Crippen molar-refractivity contribution in [2.45, 2.75) is 19.8 Å². The Kier molecular flexibility index (Phi) is 4.80. The third kappa shape index (κ3) is 3.47. The number of aliphatic hydroxyl groups excluding tert-OH is 1. The molecular weight excluding hydrogens is 240 g/mol. The summed E-state index contributed by atoms with van der Waals surface area (Å²) in [7, 11) is 0. The van der Waals surface area contributed by atoms with Crippen LogP contribution in [0.4, 0.5) is 5.69 Å². The largest absolute Gasteiger partial charge is 0.396 e. The summed E-state index contributed by atoms with van der Waals surface area (Å²) in [5.41, 5.74) is 1.78. The number of likely N-dealkylation sites (tertiary alicyclic amines) is 1. The highest BCUT2D eigenvalue weighted by Crippen LogP contribution is 2.21. The Hall–Kier alpha value is -1.55. The fourth-order valence-electron chi connectivity index (χ4n) is 2.55. The third-order valence-electron chi connectivity index (χ3n) is 3.62. The predicted molar refractivity (Wildman–Crippen MR) is 76.3 cm³/mol. The van der Waals surface area contributed by atoms with Gasteiger partial charge in [-0.3, -0.25) is 4.79 Å². The van der Waals surface area contributed by atoms with Crippen molar-refractivity contribution in [2.75, 3.05) is 31.6 Å². The quantitative estimate of drug-likeness (QED) is 0.853. The number of rotatable bonds is 5. The molecule has 1 amide bonds. The van der Waals surface area contributed by atoms with Gasteiger partial charge in [-0.25, -0.2) is 0 Å². The lowest BCUT2D eigenvalue weighted by Gasteiger charge is -2.16. The van der Waals surface area contributed by atoms with Gasteiger partial charge in [-0.2, -0.15) is 0 Å². The average molecular weight is 262 g/mol. The zero-order valence-electron chi connectivity index (χ0n) is 11.4. The van der Waals surface area contributed by atoms with E-state index >= 15 is 0 Å². The molecule has 0 saturated carbocycles. The van der Waals surface area contributed by atoms with Gasteiger partial charge >= 0.3 is 0 Å². The number of aliphatic hydroxyl groups is 1. The summed E-state index contributed by atoms with van der Waals surface area (Å²) in [6.45, 7) is 4.71. The summed E-state index contributed by atoms with van der Waals surface area (Å²) in [6, 6.07) is 7.63. The third-order valence-corrected chi connectivity index (χ3v) is 3.62. The number of hydrogen-bond donors (Lipinski definition) is 2. The summed E-state index contributed by atoms with van der Waals surface area (Å²) in [6.07, 6.45) is 1.80. The number of nitrogens with one attached hydrogen (secondary N) is 1. The summed E-state index contributed by atoms with van der Waals surface area (Å²) in [5.74, 6) is 0.554. The number of anilines is 1. The molecule has 1 aliphatic heterocycles. The average Bonchev–Trinajstić information content (AvgIpc) is 2.88. The van der Waals surface area contributed by atoms with Crippen LogP contribution in [0, 0.1) is 5.92 Å². The standard InChI is InChI=1S/C15H22N2O2/c1-2-16-14-5-3-13(4-6-14)15(19)17-9-7-12(11-17)8-10-18/h3-6,12,16,18H,2,7-11H2,1H3. The van der Waals surface area contributed by atoms with Gasteiger partial charge in [0.05, 0.1) is 0 Å². The van der Waals surface area contributed by atoms with Crippen molar-refractivity contribution >= 4 is 11.6 Å². The SMILES string of the molecule is CCNc1ccc(C(=O)N2CCC(CCO)C2)cc1. The zero-order chi connectivity index (χ0) is 13.7. The second-order valence-electron chi connectivity index (χ2n) is 5.03. The van der Waals surface area contributed by atoms with Crippen LogP contribution < -0.4 is 5.32 Å². The molecule has 19 heavy (non-hydrogen) atoms. The minimum absolute atomic E-state index is 0.100. The topological polar surface area (TPSA) is 52.6 Å². The van der Waals surface area contributed by atoms with Crippen LogP contribution in [0.25, 0.3) is 0 Å². The molecule has 1 aliphatic rings. The predicted octanol–water partition coefficient (Wildman–Crippen LogP) is 1.96. The van der Waals surface area contributed by atoms with E-state index in [0.29, 0.717) is 5.92 Å². The molecule has 1 aromatic carbocycles. The molecule has 0 aliphatic carbocycles. The van der Waals surface area contributed by atoms with E-state index in [-0.39, 0.29) is 12.5 Å². The zero-order valence-corrected chi connectivity index (χ0v) is 11.4. The molecule has 4 heteroatoms. The van der Waals surface area contributed by atoms with Gasteiger partial charge in [0.15, 0.2) is 0 Å². The first-order valence-corrected chi connectivity index (χ1v) is 6.98. The van der Waals surface area contributed by atoms with Crippen LogP contribution in [0.2, 0.25) is 0 Å². The van der Waals surface area contributed by atoms with Gasteiger partial charge in [0.25, 0.3) is 5.91 Å². The second kappa shape index (κ2) is 6.57. The molecule has 104 valence electrons. The lowest BCUT2D eigenvalue weighted by atomic mass is 10.1. The van der Waals surface area contributed by atoms with Crippen LogP contribution in [0.3, 0.4) is 0 Å². The summed E-state index contributed by atoms with van der Waals surface area (Å²) < 4.78 is 0. The Morgan fingerprint density at radius 3 is 2.79 bits per heavy atom. The van der Waals surface area contributed by atoms with Crippen molar-refractivity contribution in [1.82, 2.24) is 4.90 Å². The maximum Gasteiger partial charge on any atom is 0.253 e. The van der Waals surface area contributed by atoms with Crippen LogP contribution in [0.1, 0.15) is 30.1 Å².